The summed E-state index contributed by atoms with van der Waals surface area (Å²) in [5.41, 5.74) is 1.91. The minimum absolute atomic E-state index is 0.0849. The number of ether oxygens (including phenoxy) is 5. The molecule has 1 aliphatic carbocycles. The van der Waals surface area contributed by atoms with Crippen molar-refractivity contribution >= 4 is 12.1 Å². The molecule has 42 heavy (non-hydrogen) atoms. The van der Waals surface area contributed by atoms with Gasteiger partial charge < -0.3 is 28.8 Å². The number of carboxylic acids is 1. The van der Waals surface area contributed by atoms with Crippen molar-refractivity contribution in [1.29, 1.82) is 0 Å². The molecule has 2 heterocycles. The van der Waals surface area contributed by atoms with E-state index < -0.39 is 29.3 Å². The van der Waals surface area contributed by atoms with Crippen molar-refractivity contribution in [2.45, 2.75) is 81.8 Å². The lowest BCUT2D eigenvalue weighted by molar-refractivity contribution is -0.231. The summed E-state index contributed by atoms with van der Waals surface area (Å²) in [7, 11) is 1.46. The summed E-state index contributed by atoms with van der Waals surface area (Å²) in [6.45, 7) is 4.79. The molecule has 2 saturated heterocycles. The fraction of sp³-hybridized carbons (Fsp3) is 0.576. The SMILES string of the molecule is CN(C(=O)OCC1c2ccccc2-c2ccccc21)C(COCC(C)(C)OC1CCCCO1)(C(=O)O)C1CCCCO1. The van der Waals surface area contributed by atoms with E-state index in [1.165, 1.54) is 7.05 Å². The van der Waals surface area contributed by atoms with Crippen LogP contribution in [0.5, 0.6) is 0 Å². The minimum atomic E-state index is -1.78. The lowest BCUT2D eigenvalue weighted by Crippen LogP contribution is -2.66. The molecule has 2 fully saturated rings. The number of carbonyl (C=O) groups is 2. The lowest BCUT2D eigenvalue weighted by atomic mass is 9.86. The van der Waals surface area contributed by atoms with E-state index in [4.69, 9.17) is 23.7 Å². The summed E-state index contributed by atoms with van der Waals surface area (Å²) in [5.74, 6) is -1.34. The zero-order valence-corrected chi connectivity index (χ0v) is 24.9. The van der Waals surface area contributed by atoms with E-state index in [0.29, 0.717) is 19.6 Å². The van der Waals surface area contributed by atoms with Crippen LogP contribution in [0.2, 0.25) is 0 Å². The number of hydrogen-bond donors (Lipinski definition) is 1. The lowest BCUT2D eigenvalue weighted by Gasteiger charge is -2.44. The van der Waals surface area contributed by atoms with Gasteiger partial charge in [-0.25, -0.2) is 9.59 Å². The highest BCUT2D eigenvalue weighted by Crippen LogP contribution is 2.44. The molecule has 2 aliphatic heterocycles. The summed E-state index contributed by atoms with van der Waals surface area (Å²) >= 11 is 0. The van der Waals surface area contributed by atoms with E-state index in [1.54, 1.807) is 0 Å². The van der Waals surface area contributed by atoms with E-state index in [9.17, 15) is 14.7 Å². The van der Waals surface area contributed by atoms with Crippen LogP contribution in [0.15, 0.2) is 48.5 Å². The number of carbonyl (C=O) groups excluding carboxylic acids is 1. The number of amides is 1. The summed E-state index contributed by atoms with van der Waals surface area (Å²) in [6.07, 6.45) is 3.19. The maximum atomic E-state index is 13.6. The number of benzene rings is 2. The molecule has 2 aromatic rings. The number of carboxylic acid groups (broad SMARTS) is 1. The third-order valence-corrected chi connectivity index (χ3v) is 8.65. The highest BCUT2D eigenvalue weighted by molar-refractivity contribution is 5.85. The van der Waals surface area contributed by atoms with Gasteiger partial charge in [0.1, 0.15) is 6.61 Å². The molecule has 5 rings (SSSR count). The normalized spacial score (nSPS) is 22.1. The van der Waals surface area contributed by atoms with Gasteiger partial charge >= 0.3 is 12.1 Å². The molecule has 3 aliphatic rings. The Morgan fingerprint density at radius 1 is 0.905 bits per heavy atom. The maximum absolute atomic E-state index is 13.6. The zero-order chi connectivity index (χ0) is 29.7. The molecule has 1 N–H and O–H groups in total. The van der Waals surface area contributed by atoms with Gasteiger partial charge in [0.05, 0.1) is 24.9 Å². The largest absolute Gasteiger partial charge is 0.479 e. The zero-order valence-electron chi connectivity index (χ0n) is 24.9. The molecule has 3 atom stereocenters. The molecular formula is C33H43NO8. The van der Waals surface area contributed by atoms with Crippen molar-refractivity contribution in [3.8, 4) is 11.1 Å². The first-order valence-electron chi connectivity index (χ1n) is 15.0. The van der Waals surface area contributed by atoms with Crippen LogP contribution in [0.25, 0.3) is 11.1 Å². The van der Waals surface area contributed by atoms with E-state index in [2.05, 4.69) is 12.1 Å². The maximum Gasteiger partial charge on any atom is 0.410 e. The fourth-order valence-electron chi connectivity index (χ4n) is 6.37. The Bertz CT molecular complexity index is 1190. The topological polar surface area (TPSA) is 104 Å². The second-order valence-electron chi connectivity index (χ2n) is 12.1. The van der Waals surface area contributed by atoms with E-state index in [-0.39, 0.29) is 32.0 Å². The molecule has 0 saturated carbocycles. The molecule has 2 aromatic carbocycles. The fourth-order valence-corrected chi connectivity index (χ4v) is 6.37. The predicted molar refractivity (Wildman–Crippen MR) is 156 cm³/mol. The highest BCUT2D eigenvalue weighted by Gasteiger charge is 2.54. The summed E-state index contributed by atoms with van der Waals surface area (Å²) in [5, 5.41) is 10.7. The first-order valence-corrected chi connectivity index (χ1v) is 15.0. The van der Waals surface area contributed by atoms with Crippen molar-refractivity contribution in [2.24, 2.45) is 0 Å². The van der Waals surface area contributed by atoms with Gasteiger partial charge in [-0.2, -0.15) is 0 Å². The van der Waals surface area contributed by atoms with Crippen LogP contribution >= 0.6 is 0 Å². The summed E-state index contributed by atoms with van der Waals surface area (Å²) < 4.78 is 29.8. The number of nitrogens with zero attached hydrogens (tertiary/aromatic N) is 1. The van der Waals surface area contributed by atoms with E-state index in [1.807, 2.05) is 50.2 Å². The number of aliphatic carboxylic acids is 1. The third-order valence-electron chi connectivity index (χ3n) is 8.65. The average molecular weight is 582 g/mol. The van der Waals surface area contributed by atoms with Gasteiger partial charge in [-0.3, -0.25) is 4.90 Å². The predicted octanol–water partition coefficient (Wildman–Crippen LogP) is 5.60. The third kappa shape index (κ3) is 6.34. The molecule has 9 nitrogen and oxygen atoms in total. The number of hydrogen-bond acceptors (Lipinski definition) is 7. The van der Waals surface area contributed by atoms with Crippen molar-refractivity contribution in [3.63, 3.8) is 0 Å². The van der Waals surface area contributed by atoms with Crippen LogP contribution in [0.3, 0.4) is 0 Å². The van der Waals surface area contributed by atoms with Crippen LogP contribution in [-0.4, -0.2) is 85.7 Å². The standard InChI is InChI=1S/C33H43NO8/c1-32(2,42-29-17-9-11-19-40-29)21-38-22-33(30(35)36,28-16-8-10-18-39-28)34(3)31(37)41-20-27-25-14-6-4-12-23(25)24-13-5-7-15-26(24)27/h4-7,12-15,27-29H,8-11,16-22H2,1-3H3,(H,35,36). The van der Waals surface area contributed by atoms with Gasteiger partial charge in [0.2, 0.25) is 0 Å². The van der Waals surface area contributed by atoms with Crippen LogP contribution in [0.4, 0.5) is 4.79 Å². The molecule has 1 amide bonds. The first kappa shape index (κ1) is 30.5. The summed E-state index contributed by atoms with van der Waals surface area (Å²) in [6, 6.07) is 16.2. The van der Waals surface area contributed by atoms with Gasteiger partial charge in [0.15, 0.2) is 11.8 Å². The Hall–Kier alpha value is -2.98. The van der Waals surface area contributed by atoms with Crippen molar-refractivity contribution in [3.05, 3.63) is 59.7 Å². The Kier molecular flexibility index (Phi) is 9.52. The monoisotopic (exact) mass is 581 g/mol. The first-order chi connectivity index (χ1) is 20.2. The molecule has 0 bridgehead atoms. The Morgan fingerprint density at radius 3 is 2.10 bits per heavy atom. The molecule has 3 unspecified atom stereocenters. The smallest absolute Gasteiger partial charge is 0.410 e. The quantitative estimate of drug-likeness (QED) is 0.366. The second kappa shape index (κ2) is 13.1. The molecular weight excluding hydrogens is 538 g/mol. The molecule has 0 aromatic heterocycles. The van der Waals surface area contributed by atoms with Gasteiger partial charge in [0, 0.05) is 26.2 Å². The molecule has 0 radical (unpaired) electrons. The van der Waals surface area contributed by atoms with Crippen LogP contribution in [0.1, 0.15) is 69.4 Å². The van der Waals surface area contributed by atoms with Crippen LogP contribution < -0.4 is 0 Å². The van der Waals surface area contributed by atoms with Gasteiger partial charge in [-0.05, 0) is 74.6 Å². The Morgan fingerprint density at radius 2 is 1.52 bits per heavy atom. The summed E-state index contributed by atoms with van der Waals surface area (Å²) in [4.78, 5) is 27.9. The van der Waals surface area contributed by atoms with E-state index in [0.717, 1.165) is 59.3 Å². The molecule has 228 valence electrons. The second-order valence-corrected chi connectivity index (χ2v) is 12.1. The van der Waals surface area contributed by atoms with Gasteiger partial charge in [0.25, 0.3) is 0 Å². The van der Waals surface area contributed by atoms with E-state index >= 15 is 0 Å². The van der Waals surface area contributed by atoms with Crippen molar-refractivity contribution in [2.75, 3.05) is 40.1 Å². The Labute approximate surface area is 248 Å². The van der Waals surface area contributed by atoms with Gasteiger partial charge in [-0.15, -0.1) is 0 Å². The highest BCUT2D eigenvalue weighted by atomic mass is 16.7. The van der Waals surface area contributed by atoms with Crippen LogP contribution in [-0.2, 0) is 28.5 Å². The van der Waals surface area contributed by atoms with Crippen molar-refractivity contribution in [1.82, 2.24) is 4.90 Å². The number of fused-ring (bicyclic) bond motifs is 3. The molecule has 0 spiro atoms. The van der Waals surface area contributed by atoms with Crippen LogP contribution in [0, 0.1) is 0 Å². The van der Waals surface area contributed by atoms with Crippen molar-refractivity contribution < 1.29 is 38.4 Å². The Balaban J connectivity index is 1.30. The average Bonchev–Trinajstić information content (AvgIpc) is 3.32. The number of rotatable bonds is 11. The molecule has 9 heteroatoms. The number of likely N-dealkylation sites (N-methyl/N-ethyl adjacent to an activating group) is 1. The minimum Gasteiger partial charge on any atom is -0.479 e. The van der Waals surface area contributed by atoms with Gasteiger partial charge in [-0.1, -0.05) is 48.5 Å².